The second kappa shape index (κ2) is 7.29. The van der Waals surface area contributed by atoms with Gasteiger partial charge in [-0.05, 0) is 47.7 Å². The number of nitrogens with one attached hydrogen (secondary N) is 1. The monoisotopic (exact) mass is 315 g/mol. The SMILES string of the molecule is CCc1nn(C)c(CC(C)CCNC(C)C)c1Br. The molecule has 1 atom stereocenters. The number of hydrogen-bond donors (Lipinski definition) is 1. The third kappa shape index (κ3) is 4.39. The fourth-order valence-electron chi connectivity index (χ4n) is 2.09. The Labute approximate surface area is 119 Å². The second-order valence-electron chi connectivity index (χ2n) is 5.39. The van der Waals surface area contributed by atoms with Crippen molar-refractivity contribution in [3.8, 4) is 0 Å². The van der Waals surface area contributed by atoms with Crippen molar-refractivity contribution in [3.05, 3.63) is 15.9 Å². The molecule has 3 nitrogen and oxygen atoms in total. The molecule has 0 saturated heterocycles. The van der Waals surface area contributed by atoms with E-state index >= 15 is 0 Å². The lowest BCUT2D eigenvalue weighted by Gasteiger charge is -2.14. The Bertz CT molecular complexity index is 371. The molecule has 4 heteroatoms. The van der Waals surface area contributed by atoms with Gasteiger partial charge in [-0.2, -0.15) is 5.10 Å². The number of rotatable bonds is 7. The summed E-state index contributed by atoms with van der Waals surface area (Å²) in [5, 5.41) is 8.02. The number of nitrogens with zero attached hydrogens (tertiary/aromatic N) is 2. The molecule has 18 heavy (non-hydrogen) atoms. The van der Waals surface area contributed by atoms with Crippen LogP contribution in [0.4, 0.5) is 0 Å². The maximum Gasteiger partial charge on any atom is 0.0766 e. The second-order valence-corrected chi connectivity index (χ2v) is 6.18. The van der Waals surface area contributed by atoms with Gasteiger partial charge in [-0.15, -0.1) is 0 Å². The van der Waals surface area contributed by atoms with Crippen molar-refractivity contribution in [2.75, 3.05) is 6.54 Å². The van der Waals surface area contributed by atoms with E-state index < -0.39 is 0 Å². The number of halogens is 1. The Balaban J connectivity index is 2.53. The summed E-state index contributed by atoms with van der Waals surface area (Å²) in [4.78, 5) is 0. The fraction of sp³-hybridized carbons (Fsp3) is 0.786. The van der Waals surface area contributed by atoms with E-state index in [-0.39, 0.29) is 0 Å². The van der Waals surface area contributed by atoms with Gasteiger partial charge in [0.2, 0.25) is 0 Å². The molecule has 1 N–H and O–H groups in total. The Kier molecular flexibility index (Phi) is 6.36. The molecule has 0 bridgehead atoms. The van der Waals surface area contributed by atoms with Crippen LogP contribution in [0.5, 0.6) is 0 Å². The van der Waals surface area contributed by atoms with Gasteiger partial charge in [0, 0.05) is 13.1 Å². The largest absolute Gasteiger partial charge is 0.315 e. The number of hydrogen-bond acceptors (Lipinski definition) is 2. The molecule has 1 aromatic heterocycles. The summed E-state index contributed by atoms with van der Waals surface area (Å²) < 4.78 is 3.23. The minimum absolute atomic E-state index is 0.576. The molecule has 1 unspecified atom stereocenters. The maximum atomic E-state index is 4.54. The van der Waals surface area contributed by atoms with Crippen LogP contribution in [0.25, 0.3) is 0 Å². The lowest BCUT2D eigenvalue weighted by atomic mass is 10.0. The molecule has 0 aliphatic heterocycles. The van der Waals surface area contributed by atoms with Crippen molar-refractivity contribution >= 4 is 15.9 Å². The fourth-order valence-corrected chi connectivity index (χ4v) is 2.87. The average Bonchev–Trinajstić information content (AvgIpc) is 2.56. The molecular weight excluding hydrogens is 290 g/mol. The average molecular weight is 316 g/mol. The standard InChI is InChI=1S/C14H26BrN3/c1-6-12-14(15)13(18(5)17-12)9-11(4)7-8-16-10(2)3/h10-11,16H,6-9H2,1-5H3. The van der Waals surface area contributed by atoms with E-state index in [4.69, 9.17) is 0 Å². The quantitative estimate of drug-likeness (QED) is 0.836. The van der Waals surface area contributed by atoms with E-state index in [9.17, 15) is 0 Å². The van der Waals surface area contributed by atoms with Crippen LogP contribution in [0.1, 0.15) is 45.5 Å². The Morgan fingerprint density at radius 1 is 1.33 bits per heavy atom. The smallest absolute Gasteiger partial charge is 0.0766 e. The third-order valence-electron chi connectivity index (χ3n) is 3.23. The lowest BCUT2D eigenvalue weighted by molar-refractivity contribution is 0.465. The van der Waals surface area contributed by atoms with Crippen LogP contribution in [-0.4, -0.2) is 22.4 Å². The van der Waals surface area contributed by atoms with Crippen LogP contribution in [0.3, 0.4) is 0 Å². The van der Waals surface area contributed by atoms with Gasteiger partial charge >= 0.3 is 0 Å². The van der Waals surface area contributed by atoms with E-state index in [0.29, 0.717) is 12.0 Å². The van der Waals surface area contributed by atoms with Gasteiger partial charge in [0.15, 0.2) is 0 Å². The Hall–Kier alpha value is -0.350. The molecule has 0 aromatic carbocycles. The van der Waals surface area contributed by atoms with E-state index in [2.05, 4.69) is 54.0 Å². The van der Waals surface area contributed by atoms with Crippen molar-refractivity contribution in [2.45, 2.75) is 53.0 Å². The van der Waals surface area contributed by atoms with Gasteiger partial charge in [-0.25, -0.2) is 0 Å². The molecule has 0 aliphatic carbocycles. The summed E-state index contributed by atoms with van der Waals surface area (Å²) in [6, 6.07) is 0.576. The van der Waals surface area contributed by atoms with Crippen LogP contribution < -0.4 is 5.32 Å². The molecule has 0 fully saturated rings. The Morgan fingerprint density at radius 3 is 2.50 bits per heavy atom. The maximum absolute atomic E-state index is 4.54. The zero-order chi connectivity index (χ0) is 13.7. The number of aromatic nitrogens is 2. The van der Waals surface area contributed by atoms with Gasteiger partial charge in [0.25, 0.3) is 0 Å². The molecule has 0 saturated carbocycles. The first kappa shape index (κ1) is 15.7. The van der Waals surface area contributed by atoms with Crippen LogP contribution in [0.15, 0.2) is 4.47 Å². The summed E-state index contributed by atoms with van der Waals surface area (Å²) in [5.41, 5.74) is 2.49. The van der Waals surface area contributed by atoms with Crippen LogP contribution in [-0.2, 0) is 19.9 Å². The zero-order valence-corrected chi connectivity index (χ0v) is 13.8. The molecule has 1 heterocycles. The van der Waals surface area contributed by atoms with E-state index in [1.165, 1.54) is 22.3 Å². The number of aryl methyl sites for hydroxylation is 2. The predicted molar refractivity (Wildman–Crippen MR) is 80.9 cm³/mol. The predicted octanol–water partition coefficient (Wildman–Crippen LogP) is 3.31. The normalized spacial score (nSPS) is 13.3. The highest BCUT2D eigenvalue weighted by Gasteiger charge is 2.15. The first-order valence-corrected chi connectivity index (χ1v) is 7.68. The Morgan fingerprint density at radius 2 is 2.00 bits per heavy atom. The van der Waals surface area contributed by atoms with Crippen molar-refractivity contribution < 1.29 is 0 Å². The highest BCUT2D eigenvalue weighted by molar-refractivity contribution is 9.10. The summed E-state index contributed by atoms with van der Waals surface area (Å²) in [5.74, 6) is 0.674. The van der Waals surface area contributed by atoms with Crippen LogP contribution in [0, 0.1) is 5.92 Å². The highest BCUT2D eigenvalue weighted by Crippen LogP contribution is 2.24. The van der Waals surface area contributed by atoms with Gasteiger partial charge in [-0.3, -0.25) is 4.68 Å². The first-order valence-electron chi connectivity index (χ1n) is 6.89. The zero-order valence-electron chi connectivity index (χ0n) is 12.3. The van der Waals surface area contributed by atoms with Crippen molar-refractivity contribution in [2.24, 2.45) is 13.0 Å². The van der Waals surface area contributed by atoms with Gasteiger partial charge in [0.1, 0.15) is 0 Å². The molecule has 0 aliphatic rings. The lowest BCUT2D eigenvalue weighted by Crippen LogP contribution is -2.25. The molecule has 104 valence electrons. The van der Waals surface area contributed by atoms with Gasteiger partial charge < -0.3 is 5.32 Å². The molecular formula is C14H26BrN3. The third-order valence-corrected chi connectivity index (χ3v) is 4.15. The minimum Gasteiger partial charge on any atom is -0.315 e. The summed E-state index contributed by atoms with van der Waals surface area (Å²) in [7, 11) is 2.04. The summed E-state index contributed by atoms with van der Waals surface area (Å²) in [6.07, 6.45) is 3.28. The molecule has 1 aromatic rings. The van der Waals surface area contributed by atoms with Crippen LogP contribution >= 0.6 is 15.9 Å². The molecule has 0 amide bonds. The highest BCUT2D eigenvalue weighted by atomic mass is 79.9. The van der Waals surface area contributed by atoms with Crippen molar-refractivity contribution in [1.29, 1.82) is 0 Å². The van der Waals surface area contributed by atoms with E-state index in [0.717, 1.165) is 19.4 Å². The molecule has 1 rings (SSSR count). The van der Waals surface area contributed by atoms with E-state index in [1.54, 1.807) is 0 Å². The van der Waals surface area contributed by atoms with Crippen molar-refractivity contribution in [3.63, 3.8) is 0 Å². The van der Waals surface area contributed by atoms with Crippen molar-refractivity contribution in [1.82, 2.24) is 15.1 Å². The first-order chi connectivity index (χ1) is 8.45. The van der Waals surface area contributed by atoms with Crippen LogP contribution in [0.2, 0.25) is 0 Å². The minimum atomic E-state index is 0.576. The molecule has 0 radical (unpaired) electrons. The van der Waals surface area contributed by atoms with Gasteiger partial charge in [0.05, 0.1) is 15.9 Å². The van der Waals surface area contributed by atoms with E-state index in [1.807, 2.05) is 11.7 Å². The summed E-state index contributed by atoms with van der Waals surface area (Å²) >= 11 is 3.68. The molecule has 0 spiro atoms. The summed E-state index contributed by atoms with van der Waals surface area (Å²) in [6.45, 7) is 9.93. The van der Waals surface area contributed by atoms with Gasteiger partial charge in [-0.1, -0.05) is 27.7 Å². The topological polar surface area (TPSA) is 29.9 Å².